The number of halogens is 2. The standard InChI is InChI=1S/C35H35ClFN5O4/c1-35(45-20-23-4-2-3-5-28(23)36)10-6-25(15-32(35)37)41-34-24(18-38)19-40-29-17-31(46-26-9-13-44-21-26)30(16-27(29)34)42-33(43)14-22-7-11-39-12-8-22/h2-6,10,14-17,19,26,32,39H,7-9,11-13,20-21H2,1H3,(H,40,41)(H,42,43). The number of fused-ring (bicyclic) bond motifs is 1. The largest absolute Gasteiger partial charge is 0.486 e. The summed E-state index contributed by atoms with van der Waals surface area (Å²) in [6.07, 6.45) is 8.58. The lowest BCUT2D eigenvalue weighted by Crippen LogP contribution is -2.38. The van der Waals surface area contributed by atoms with Crippen LogP contribution in [0.5, 0.6) is 5.75 Å². The molecule has 2 saturated heterocycles. The molecule has 3 heterocycles. The normalized spacial score (nSPS) is 22.7. The minimum Gasteiger partial charge on any atom is -0.486 e. The summed E-state index contributed by atoms with van der Waals surface area (Å²) in [7, 11) is 0. The summed E-state index contributed by atoms with van der Waals surface area (Å²) in [6, 6.07) is 12.9. The minimum absolute atomic E-state index is 0.143. The first kappa shape index (κ1) is 31.7. The molecule has 2 fully saturated rings. The number of hydrogen-bond acceptors (Lipinski definition) is 8. The van der Waals surface area contributed by atoms with Crippen molar-refractivity contribution >= 4 is 39.8 Å². The number of carbonyl (C=O) groups excluding carboxylic acids is 1. The molecule has 46 heavy (non-hydrogen) atoms. The number of amides is 1. The number of nitrogens with one attached hydrogen (secondary N) is 3. The summed E-state index contributed by atoms with van der Waals surface area (Å²) in [4.78, 5) is 17.6. The molecule has 3 atom stereocenters. The van der Waals surface area contributed by atoms with Crippen molar-refractivity contribution in [2.75, 3.05) is 36.9 Å². The lowest BCUT2D eigenvalue weighted by molar-refractivity contribution is -0.112. The minimum atomic E-state index is -1.49. The van der Waals surface area contributed by atoms with Crippen molar-refractivity contribution in [1.29, 1.82) is 5.26 Å². The van der Waals surface area contributed by atoms with E-state index in [0.29, 0.717) is 52.0 Å². The Morgan fingerprint density at radius 3 is 2.87 bits per heavy atom. The Hall–Kier alpha value is -4.27. The van der Waals surface area contributed by atoms with Crippen LogP contribution in [0, 0.1) is 11.3 Å². The van der Waals surface area contributed by atoms with Gasteiger partial charge in [0.1, 0.15) is 23.5 Å². The molecule has 0 saturated carbocycles. The fourth-order valence-corrected chi connectivity index (χ4v) is 5.79. The van der Waals surface area contributed by atoms with E-state index in [0.717, 1.165) is 43.5 Å². The van der Waals surface area contributed by atoms with Gasteiger partial charge < -0.3 is 30.2 Å². The molecule has 11 heteroatoms. The monoisotopic (exact) mass is 643 g/mol. The van der Waals surface area contributed by atoms with Gasteiger partial charge in [0.2, 0.25) is 5.91 Å². The van der Waals surface area contributed by atoms with Gasteiger partial charge in [-0.15, -0.1) is 0 Å². The molecule has 1 aliphatic carbocycles. The number of rotatable bonds is 9. The molecule has 0 spiro atoms. The number of aromatic nitrogens is 1. The molecule has 1 amide bonds. The summed E-state index contributed by atoms with van der Waals surface area (Å²) in [5.74, 6) is 0.187. The molecule has 9 nitrogen and oxygen atoms in total. The fraction of sp³-hybridized carbons (Fsp3) is 0.343. The van der Waals surface area contributed by atoms with Gasteiger partial charge in [0, 0.05) is 40.9 Å². The quantitative estimate of drug-likeness (QED) is 0.231. The molecule has 1 aromatic heterocycles. The van der Waals surface area contributed by atoms with Crippen molar-refractivity contribution < 1.29 is 23.4 Å². The molecule has 2 aromatic carbocycles. The Morgan fingerprint density at radius 1 is 1.30 bits per heavy atom. The first-order valence-corrected chi connectivity index (χ1v) is 15.7. The molecule has 3 aromatic rings. The van der Waals surface area contributed by atoms with Gasteiger partial charge in [-0.05, 0) is 68.8 Å². The first-order valence-electron chi connectivity index (χ1n) is 15.3. The molecular formula is C35H35ClFN5O4. The number of ether oxygens (including phenoxy) is 3. The fourth-order valence-electron chi connectivity index (χ4n) is 5.60. The van der Waals surface area contributed by atoms with E-state index in [1.54, 1.807) is 43.4 Å². The zero-order chi connectivity index (χ0) is 32.1. The molecule has 238 valence electrons. The summed E-state index contributed by atoms with van der Waals surface area (Å²) in [5.41, 5.74) is 2.71. The predicted molar refractivity (Wildman–Crippen MR) is 176 cm³/mol. The maximum absolute atomic E-state index is 15.6. The van der Waals surface area contributed by atoms with Gasteiger partial charge in [-0.3, -0.25) is 9.78 Å². The summed E-state index contributed by atoms with van der Waals surface area (Å²) < 4.78 is 33.4. The Labute approximate surface area is 272 Å². The van der Waals surface area contributed by atoms with Crippen LogP contribution in [0.25, 0.3) is 10.9 Å². The number of nitriles is 1. The van der Waals surface area contributed by atoms with Crippen LogP contribution in [0.15, 0.2) is 78.2 Å². The van der Waals surface area contributed by atoms with E-state index in [1.165, 1.54) is 12.3 Å². The second-order valence-corrected chi connectivity index (χ2v) is 12.1. The van der Waals surface area contributed by atoms with Crippen LogP contribution in [-0.2, 0) is 20.9 Å². The highest BCUT2D eigenvalue weighted by Crippen LogP contribution is 2.38. The van der Waals surface area contributed by atoms with Gasteiger partial charge in [0.05, 0.1) is 42.3 Å². The summed E-state index contributed by atoms with van der Waals surface area (Å²) in [6.45, 7) is 4.53. The zero-order valence-corrected chi connectivity index (χ0v) is 26.2. The maximum atomic E-state index is 15.6. The SMILES string of the molecule is CC1(OCc2ccccc2Cl)C=CC(Nc2c(C#N)cnc3cc(OC4CCOC4)c(NC(=O)C=C4CCNCC4)cc23)=CC1F. The number of anilines is 2. The molecule has 0 bridgehead atoms. The highest BCUT2D eigenvalue weighted by Gasteiger charge is 2.35. The average molecular weight is 644 g/mol. The van der Waals surface area contributed by atoms with Crippen LogP contribution in [-0.4, -0.2) is 55.1 Å². The lowest BCUT2D eigenvalue weighted by Gasteiger charge is -2.32. The second kappa shape index (κ2) is 14.0. The third kappa shape index (κ3) is 7.24. The van der Waals surface area contributed by atoms with Crippen LogP contribution in [0.3, 0.4) is 0 Å². The smallest absolute Gasteiger partial charge is 0.248 e. The summed E-state index contributed by atoms with van der Waals surface area (Å²) in [5, 5.41) is 20.6. The van der Waals surface area contributed by atoms with Gasteiger partial charge in [-0.2, -0.15) is 5.26 Å². The number of piperidine rings is 1. The van der Waals surface area contributed by atoms with Crippen molar-refractivity contribution in [1.82, 2.24) is 10.3 Å². The number of nitrogens with zero attached hydrogens (tertiary/aromatic N) is 2. The van der Waals surface area contributed by atoms with Gasteiger partial charge >= 0.3 is 0 Å². The number of pyridine rings is 1. The Balaban J connectivity index is 1.29. The van der Waals surface area contributed by atoms with E-state index in [2.05, 4.69) is 27.0 Å². The average Bonchev–Trinajstić information content (AvgIpc) is 3.57. The van der Waals surface area contributed by atoms with Crippen LogP contribution in [0.1, 0.15) is 37.3 Å². The third-order valence-electron chi connectivity index (χ3n) is 8.34. The molecule has 6 rings (SSSR count). The highest BCUT2D eigenvalue weighted by atomic mass is 35.5. The molecule has 2 aliphatic heterocycles. The lowest BCUT2D eigenvalue weighted by atomic mass is 9.93. The van der Waals surface area contributed by atoms with Crippen LogP contribution in [0.4, 0.5) is 15.8 Å². The van der Waals surface area contributed by atoms with Crippen LogP contribution < -0.4 is 20.7 Å². The molecular weight excluding hydrogens is 609 g/mol. The second-order valence-electron chi connectivity index (χ2n) is 11.7. The predicted octanol–water partition coefficient (Wildman–Crippen LogP) is 6.36. The van der Waals surface area contributed by atoms with Crippen molar-refractivity contribution in [2.45, 2.75) is 50.7 Å². The van der Waals surface area contributed by atoms with Crippen molar-refractivity contribution in [3.05, 3.63) is 94.3 Å². The van der Waals surface area contributed by atoms with E-state index in [1.807, 2.05) is 18.2 Å². The number of hydrogen-bond donors (Lipinski definition) is 3. The van der Waals surface area contributed by atoms with Gasteiger partial charge in [0.15, 0.2) is 6.17 Å². The Morgan fingerprint density at radius 2 is 2.13 bits per heavy atom. The molecule has 3 unspecified atom stereocenters. The number of benzene rings is 2. The molecule has 3 N–H and O–H groups in total. The number of alkyl halides is 1. The first-order chi connectivity index (χ1) is 22.3. The molecule has 0 radical (unpaired) electrons. The van der Waals surface area contributed by atoms with Crippen molar-refractivity contribution in [2.24, 2.45) is 0 Å². The third-order valence-corrected chi connectivity index (χ3v) is 8.71. The van der Waals surface area contributed by atoms with Crippen molar-refractivity contribution in [3.8, 4) is 11.8 Å². The number of carbonyl (C=O) groups is 1. The summed E-state index contributed by atoms with van der Waals surface area (Å²) >= 11 is 6.26. The van der Waals surface area contributed by atoms with Crippen LogP contribution >= 0.6 is 11.6 Å². The van der Waals surface area contributed by atoms with E-state index >= 15 is 4.39 Å². The van der Waals surface area contributed by atoms with E-state index in [-0.39, 0.29) is 24.2 Å². The van der Waals surface area contributed by atoms with E-state index in [4.69, 9.17) is 25.8 Å². The van der Waals surface area contributed by atoms with E-state index < -0.39 is 11.8 Å². The number of allylic oxidation sites excluding steroid dienone is 1. The molecule has 3 aliphatic rings. The highest BCUT2D eigenvalue weighted by molar-refractivity contribution is 6.31. The van der Waals surface area contributed by atoms with Crippen LogP contribution in [0.2, 0.25) is 5.02 Å². The van der Waals surface area contributed by atoms with E-state index in [9.17, 15) is 10.1 Å². The Bertz CT molecular complexity index is 1760. The topological polar surface area (TPSA) is 118 Å². The maximum Gasteiger partial charge on any atom is 0.248 e. The van der Waals surface area contributed by atoms with Gasteiger partial charge in [-0.1, -0.05) is 35.4 Å². The Kier molecular flexibility index (Phi) is 9.66. The van der Waals surface area contributed by atoms with Gasteiger partial charge in [0.25, 0.3) is 0 Å². The van der Waals surface area contributed by atoms with Crippen molar-refractivity contribution in [3.63, 3.8) is 0 Å². The van der Waals surface area contributed by atoms with Gasteiger partial charge in [-0.25, -0.2) is 4.39 Å². The zero-order valence-electron chi connectivity index (χ0n) is 25.4.